The van der Waals surface area contributed by atoms with E-state index in [1.54, 1.807) is 14.1 Å². The predicted octanol–water partition coefficient (Wildman–Crippen LogP) is 2.73. The molecule has 0 unspecified atom stereocenters. The second-order valence-corrected chi connectivity index (χ2v) is 7.30. The molecule has 21 heavy (non-hydrogen) atoms. The Hall–Kier alpha value is -1.85. The highest BCUT2D eigenvalue weighted by Gasteiger charge is 2.31. The molecule has 0 fully saturated rings. The van der Waals surface area contributed by atoms with Gasteiger partial charge in [0.1, 0.15) is 0 Å². The minimum absolute atomic E-state index is 0.746. The lowest BCUT2D eigenvalue weighted by atomic mass is 10.0. The van der Waals surface area contributed by atoms with Gasteiger partial charge in [-0.05, 0) is 36.1 Å². The normalized spacial score (nSPS) is 14.5. The third-order valence-corrected chi connectivity index (χ3v) is 5.55. The lowest BCUT2D eigenvalue weighted by Crippen LogP contribution is -2.37. The molecule has 1 aliphatic rings. The molecule has 0 aliphatic carbocycles. The number of hydrogen-bond acceptors (Lipinski definition) is 2. The SMILES string of the molecule is CN(C)S(=O)(=O)N1c2ccccc2CCc2ccccc21. The molecular formula is C16H18N2O2S. The van der Waals surface area contributed by atoms with Crippen LogP contribution in [0.2, 0.25) is 0 Å². The molecule has 3 rings (SSSR count). The monoisotopic (exact) mass is 302 g/mol. The molecule has 0 radical (unpaired) electrons. The number of benzene rings is 2. The summed E-state index contributed by atoms with van der Waals surface area (Å²) in [5.41, 5.74) is 3.60. The Kier molecular flexibility index (Phi) is 3.47. The molecule has 0 amide bonds. The summed E-state index contributed by atoms with van der Waals surface area (Å²) in [7, 11) is -0.461. The average molecular weight is 302 g/mol. The van der Waals surface area contributed by atoms with E-state index in [0.717, 1.165) is 35.3 Å². The molecule has 0 N–H and O–H groups in total. The smallest absolute Gasteiger partial charge is 0.225 e. The lowest BCUT2D eigenvalue weighted by Gasteiger charge is -2.28. The summed E-state index contributed by atoms with van der Waals surface area (Å²) < 4.78 is 28.3. The molecule has 4 nitrogen and oxygen atoms in total. The van der Waals surface area contributed by atoms with Crippen molar-refractivity contribution >= 4 is 21.6 Å². The first kappa shape index (κ1) is 14.1. The molecule has 0 spiro atoms. The number of fused-ring (bicyclic) bond motifs is 2. The molecule has 0 saturated carbocycles. The second kappa shape index (κ2) is 5.16. The fourth-order valence-corrected chi connectivity index (χ4v) is 3.83. The number of hydrogen-bond donors (Lipinski definition) is 0. The van der Waals surface area contributed by atoms with E-state index >= 15 is 0 Å². The van der Waals surface area contributed by atoms with Crippen LogP contribution in [0.1, 0.15) is 11.1 Å². The van der Waals surface area contributed by atoms with Gasteiger partial charge in [-0.15, -0.1) is 0 Å². The molecule has 0 aromatic heterocycles. The predicted molar refractivity (Wildman–Crippen MR) is 85.0 cm³/mol. The van der Waals surface area contributed by atoms with Crippen molar-refractivity contribution in [2.45, 2.75) is 12.8 Å². The number of rotatable bonds is 2. The third-order valence-electron chi connectivity index (χ3n) is 3.78. The van der Waals surface area contributed by atoms with E-state index in [1.807, 2.05) is 48.5 Å². The van der Waals surface area contributed by atoms with Crippen LogP contribution in [-0.2, 0) is 23.1 Å². The fraction of sp³-hybridized carbons (Fsp3) is 0.250. The van der Waals surface area contributed by atoms with Crippen LogP contribution in [0.25, 0.3) is 0 Å². The summed E-state index contributed by atoms with van der Waals surface area (Å²) in [6.45, 7) is 0. The van der Waals surface area contributed by atoms with E-state index in [1.165, 1.54) is 8.61 Å². The maximum Gasteiger partial charge on any atom is 0.307 e. The van der Waals surface area contributed by atoms with Gasteiger partial charge in [0.05, 0.1) is 11.4 Å². The van der Waals surface area contributed by atoms with Crippen LogP contribution in [-0.4, -0.2) is 26.8 Å². The highest BCUT2D eigenvalue weighted by molar-refractivity contribution is 7.90. The largest absolute Gasteiger partial charge is 0.307 e. The van der Waals surface area contributed by atoms with Crippen molar-refractivity contribution in [3.8, 4) is 0 Å². The Morgan fingerprint density at radius 2 is 1.29 bits per heavy atom. The van der Waals surface area contributed by atoms with Gasteiger partial charge >= 0.3 is 10.2 Å². The molecule has 0 saturated heterocycles. The van der Waals surface area contributed by atoms with E-state index in [2.05, 4.69) is 0 Å². The Balaban J connectivity index is 2.31. The van der Waals surface area contributed by atoms with Crippen LogP contribution in [0, 0.1) is 0 Å². The maximum absolute atomic E-state index is 12.8. The summed E-state index contributed by atoms with van der Waals surface area (Å²) in [6, 6.07) is 15.4. The standard InChI is InChI=1S/C16H18N2O2S/c1-17(2)21(19,20)18-15-9-5-3-7-13(15)11-12-14-8-4-6-10-16(14)18/h3-10H,11-12H2,1-2H3. The van der Waals surface area contributed by atoms with Gasteiger partial charge in [0, 0.05) is 14.1 Å². The van der Waals surface area contributed by atoms with Gasteiger partial charge in [-0.25, -0.2) is 4.31 Å². The summed E-state index contributed by atoms with van der Waals surface area (Å²) in [5, 5.41) is 0. The summed E-state index contributed by atoms with van der Waals surface area (Å²) >= 11 is 0. The summed E-state index contributed by atoms with van der Waals surface area (Å²) in [4.78, 5) is 0. The van der Waals surface area contributed by atoms with Crippen molar-refractivity contribution in [2.75, 3.05) is 18.4 Å². The molecule has 2 aromatic rings. The minimum Gasteiger partial charge on any atom is -0.225 e. The van der Waals surface area contributed by atoms with Crippen LogP contribution in [0.5, 0.6) is 0 Å². The Labute approximate surface area is 125 Å². The van der Waals surface area contributed by atoms with Gasteiger partial charge in [-0.3, -0.25) is 0 Å². The van der Waals surface area contributed by atoms with Crippen molar-refractivity contribution in [3.05, 3.63) is 59.7 Å². The highest BCUT2D eigenvalue weighted by Crippen LogP contribution is 2.38. The van der Waals surface area contributed by atoms with Gasteiger partial charge in [-0.2, -0.15) is 12.7 Å². The van der Waals surface area contributed by atoms with Gasteiger partial charge in [0.2, 0.25) is 0 Å². The topological polar surface area (TPSA) is 40.6 Å². The lowest BCUT2D eigenvalue weighted by molar-refractivity contribution is 0.521. The molecular weight excluding hydrogens is 284 g/mol. The Bertz CT molecular complexity index is 722. The molecule has 1 aliphatic heterocycles. The van der Waals surface area contributed by atoms with Crippen molar-refractivity contribution < 1.29 is 8.42 Å². The van der Waals surface area contributed by atoms with E-state index in [-0.39, 0.29) is 0 Å². The first-order valence-electron chi connectivity index (χ1n) is 6.90. The van der Waals surface area contributed by atoms with Crippen LogP contribution in [0.4, 0.5) is 11.4 Å². The van der Waals surface area contributed by atoms with Crippen molar-refractivity contribution in [1.82, 2.24) is 4.31 Å². The summed E-state index contributed by atoms with van der Waals surface area (Å²) in [5.74, 6) is 0. The molecule has 2 aromatic carbocycles. The zero-order valence-electron chi connectivity index (χ0n) is 12.2. The minimum atomic E-state index is -3.58. The Morgan fingerprint density at radius 3 is 1.71 bits per heavy atom. The second-order valence-electron chi connectivity index (χ2n) is 5.31. The third kappa shape index (κ3) is 2.32. The van der Waals surface area contributed by atoms with Gasteiger partial charge in [0.25, 0.3) is 0 Å². The van der Waals surface area contributed by atoms with Crippen molar-refractivity contribution in [3.63, 3.8) is 0 Å². The van der Waals surface area contributed by atoms with Crippen molar-refractivity contribution in [2.24, 2.45) is 0 Å². The number of anilines is 2. The van der Waals surface area contributed by atoms with Gasteiger partial charge in [0.15, 0.2) is 0 Å². The Morgan fingerprint density at radius 1 is 0.857 bits per heavy atom. The first-order valence-corrected chi connectivity index (χ1v) is 8.30. The molecule has 110 valence electrons. The van der Waals surface area contributed by atoms with Crippen LogP contribution in [0.15, 0.2) is 48.5 Å². The maximum atomic E-state index is 12.8. The van der Waals surface area contributed by atoms with Crippen LogP contribution in [0.3, 0.4) is 0 Å². The van der Waals surface area contributed by atoms with Crippen LogP contribution >= 0.6 is 0 Å². The zero-order valence-corrected chi connectivity index (χ0v) is 13.0. The van der Waals surface area contributed by atoms with E-state index in [4.69, 9.17) is 0 Å². The number of nitrogens with zero attached hydrogens (tertiary/aromatic N) is 2. The average Bonchev–Trinajstić information content (AvgIpc) is 2.64. The van der Waals surface area contributed by atoms with E-state index < -0.39 is 10.2 Å². The van der Waals surface area contributed by atoms with Gasteiger partial charge < -0.3 is 0 Å². The first-order chi connectivity index (χ1) is 10.0. The van der Waals surface area contributed by atoms with E-state index in [9.17, 15) is 8.42 Å². The van der Waals surface area contributed by atoms with E-state index in [0.29, 0.717) is 0 Å². The van der Waals surface area contributed by atoms with Crippen molar-refractivity contribution in [1.29, 1.82) is 0 Å². The number of aryl methyl sites for hydroxylation is 2. The quantitative estimate of drug-likeness (QED) is 0.856. The highest BCUT2D eigenvalue weighted by atomic mass is 32.2. The molecule has 1 heterocycles. The van der Waals surface area contributed by atoms with Gasteiger partial charge in [-0.1, -0.05) is 36.4 Å². The molecule has 0 atom stereocenters. The molecule has 5 heteroatoms. The molecule has 0 bridgehead atoms. The number of para-hydroxylation sites is 2. The van der Waals surface area contributed by atoms with Crippen LogP contribution < -0.4 is 4.31 Å². The zero-order chi connectivity index (χ0) is 15.0. The summed E-state index contributed by atoms with van der Waals surface area (Å²) in [6.07, 6.45) is 1.68. The fourth-order valence-electron chi connectivity index (χ4n) is 2.65.